The lowest BCUT2D eigenvalue weighted by molar-refractivity contribution is -0.139. The molecule has 0 aliphatic carbocycles. The number of carboxylic acid groups (broad SMARTS) is 1. The van der Waals surface area contributed by atoms with Crippen LogP contribution in [0.1, 0.15) is 13.3 Å². The Morgan fingerprint density at radius 3 is 2.17 bits per heavy atom. The molecule has 0 aliphatic heterocycles. The molecule has 0 bridgehead atoms. The van der Waals surface area contributed by atoms with E-state index in [-0.39, 0.29) is 19.6 Å². The van der Waals surface area contributed by atoms with Crippen LogP contribution in [0.4, 0.5) is 0 Å². The molecule has 0 radical (unpaired) electrons. The second-order valence-corrected chi connectivity index (χ2v) is 3.28. The first-order chi connectivity index (χ1) is 5.45. The normalized spacial score (nSPS) is 14.3. The summed E-state index contributed by atoms with van der Waals surface area (Å²) in [7, 11) is 0. The highest BCUT2D eigenvalue weighted by molar-refractivity contribution is 5.73. The van der Waals surface area contributed by atoms with Crippen molar-refractivity contribution in [2.24, 2.45) is 11.1 Å². The van der Waals surface area contributed by atoms with Gasteiger partial charge in [-0.2, -0.15) is 0 Å². The van der Waals surface area contributed by atoms with Crippen molar-refractivity contribution in [3.8, 4) is 0 Å². The highest BCUT2D eigenvalue weighted by Gasteiger charge is 2.28. The highest BCUT2D eigenvalue weighted by atomic mass is 16.4. The third kappa shape index (κ3) is 3.17. The number of carboxylic acids is 1. The zero-order valence-corrected chi connectivity index (χ0v) is 7.03. The predicted octanol–water partition coefficient (Wildman–Crippen LogP) is -1.22. The Morgan fingerprint density at radius 1 is 1.50 bits per heavy atom. The number of hydrogen-bond donors (Lipinski definition) is 4. The average molecular weight is 177 g/mol. The number of hydrogen-bond acceptors (Lipinski definition) is 4. The molecule has 1 atom stereocenters. The predicted molar refractivity (Wildman–Crippen MR) is 42.5 cm³/mol. The third-order valence-corrected chi connectivity index (χ3v) is 1.79. The van der Waals surface area contributed by atoms with E-state index >= 15 is 0 Å². The Bertz CT molecular complexity index is 155. The van der Waals surface area contributed by atoms with Crippen molar-refractivity contribution in [2.45, 2.75) is 19.4 Å². The zero-order chi connectivity index (χ0) is 9.78. The van der Waals surface area contributed by atoms with Gasteiger partial charge in [-0.05, 0) is 6.42 Å². The van der Waals surface area contributed by atoms with Crippen molar-refractivity contribution in [3.05, 3.63) is 0 Å². The quantitative estimate of drug-likeness (QED) is 0.421. The number of aliphatic hydroxyl groups is 2. The summed E-state index contributed by atoms with van der Waals surface area (Å²) >= 11 is 0. The molecule has 0 fully saturated rings. The summed E-state index contributed by atoms with van der Waals surface area (Å²) in [6, 6.07) is -1.03. The number of carbonyl (C=O) groups is 1. The van der Waals surface area contributed by atoms with Gasteiger partial charge < -0.3 is 21.1 Å². The van der Waals surface area contributed by atoms with Gasteiger partial charge in [-0.3, -0.25) is 4.79 Å². The van der Waals surface area contributed by atoms with Gasteiger partial charge in [0.15, 0.2) is 0 Å². The Kier molecular flexibility index (Phi) is 4.16. The van der Waals surface area contributed by atoms with Crippen molar-refractivity contribution in [1.82, 2.24) is 0 Å². The molecule has 0 aromatic rings. The van der Waals surface area contributed by atoms with Crippen LogP contribution in [0.3, 0.4) is 0 Å². The molecule has 0 amide bonds. The monoisotopic (exact) mass is 177 g/mol. The zero-order valence-electron chi connectivity index (χ0n) is 7.03. The Balaban J connectivity index is 4.11. The lowest BCUT2D eigenvalue weighted by Gasteiger charge is -2.25. The van der Waals surface area contributed by atoms with Crippen LogP contribution in [-0.4, -0.2) is 40.5 Å². The van der Waals surface area contributed by atoms with Gasteiger partial charge in [0, 0.05) is 5.41 Å². The van der Waals surface area contributed by atoms with E-state index in [1.165, 1.54) is 0 Å². The molecule has 0 saturated heterocycles. The fourth-order valence-electron chi connectivity index (χ4n) is 0.797. The Hall–Kier alpha value is -0.650. The largest absolute Gasteiger partial charge is 0.480 e. The highest BCUT2D eigenvalue weighted by Crippen LogP contribution is 2.20. The van der Waals surface area contributed by atoms with Gasteiger partial charge in [0.05, 0.1) is 13.2 Å². The van der Waals surface area contributed by atoms with Gasteiger partial charge in [0.25, 0.3) is 0 Å². The van der Waals surface area contributed by atoms with E-state index in [4.69, 9.17) is 21.1 Å². The maximum absolute atomic E-state index is 10.3. The maximum atomic E-state index is 10.3. The molecule has 12 heavy (non-hydrogen) atoms. The van der Waals surface area contributed by atoms with Gasteiger partial charge in [-0.15, -0.1) is 0 Å². The van der Waals surface area contributed by atoms with Crippen molar-refractivity contribution < 1.29 is 20.1 Å². The van der Waals surface area contributed by atoms with Gasteiger partial charge in [0.1, 0.15) is 6.04 Å². The molecule has 0 aromatic heterocycles. The molecular weight excluding hydrogens is 162 g/mol. The van der Waals surface area contributed by atoms with E-state index in [0.717, 1.165) is 0 Å². The number of aliphatic carboxylic acids is 1. The van der Waals surface area contributed by atoms with Gasteiger partial charge >= 0.3 is 5.97 Å². The third-order valence-electron chi connectivity index (χ3n) is 1.79. The Morgan fingerprint density at radius 2 is 1.92 bits per heavy atom. The van der Waals surface area contributed by atoms with E-state index in [0.29, 0.717) is 0 Å². The van der Waals surface area contributed by atoms with Crippen molar-refractivity contribution >= 4 is 5.97 Å². The van der Waals surface area contributed by atoms with Crippen LogP contribution in [0, 0.1) is 5.41 Å². The molecule has 0 unspecified atom stereocenters. The number of aliphatic hydroxyl groups excluding tert-OH is 2. The fraction of sp³-hybridized carbons (Fsp3) is 0.857. The molecule has 0 aliphatic rings. The molecule has 0 saturated carbocycles. The van der Waals surface area contributed by atoms with Crippen LogP contribution in [0.2, 0.25) is 0 Å². The molecule has 0 spiro atoms. The van der Waals surface area contributed by atoms with E-state index in [1.54, 1.807) is 6.92 Å². The summed E-state index contributed by atoms with van der Waals surface area (Å²) in [6.45, 7) is 1.03. The van der Waals surface area contributed by atoms with Gasteiger partial charge in [0.2, 0.25) is 0 Å². The van der Waals surface area contributed by atoms with Crippen molar-refractivity contribution in [2.75, 3.05) is 13.2 Å². The number of rotatable bonds is 5. The lowest BCUT2D eigenvalue weighted by Crippen LogP contribution is -2.39. The second-order valence-electron chi connectivity index (χ2n) is 3.28. The summed E-state index contributed by atoms with van der Waals surface area (Å²) in [5.41, 5.74) is 4.42. The summed E-state index contributed by atoms with van der Waals surface area (Å²) in [6.07, 6.45) is 0.0648. The molecule has 5 heteroatoms. The van der Waals surface area contributed by atoms with Crippen LogP contribution < -0.4 is 5.73 Å². The molecule has 5 nitrogen and oxygen atoms in total. The number of nitrogens with two attached hydrogens (primary N) is 1. The molecule has 5 N–H and O–H groups in total. The average Bonchev–Trinajstić information content (AvgIpc) is 2.04. The first-order valence-corrected chi connectivity index (χ1v) is 3.65. The van der Waals surface area contributed by atoms with Crippen LogP contribution in [0.15, 0.2) is 0 Å². The fourth-order valence-corrected chi connectivity index (χ4v) is 0.797. The molecule has 0 rings (SSSR count). The van der Waals surface area contributed by atoms with Crippen molar-refractivity contribution in [1.29, 1.82) is 0 Å². The van der Waals surface area contributed by atoms with Crippen LogP contribution in [0.5, 0.6) is 0 Å². The van der Waals surface area contributed by atoms with Crippen LogP contribution >= 0.6 is 0 Å². The molecule has 0 aromatic carbocycles. The van der Waals surface area contributed by atoms with Gasteiger partial charge in [-0.1, -0.05) is 6.92 Å². The topological polar surface area (TPSA) is 104 Å². The van der Waals surface area contributed by atoms with E-state index in [2.05, 4.69) is 0 Å². The summed E-state index contributed by atoms with van der Waals surface area (Å²) in [5.74, 6) is -1.12. The van der Waals surface area contributed by atoms with Gasteiger partial charge in [-0.25, -0.2) is 0 Å². The minimum atomic E-state index is -1.12. The molecule has 72 valence electrons. The molecule has 0 heterocycles. The SMILES string of the molecule is CC(CO)(CO)C[C@@H](N)C(=O)O. The standard InChI is InChI=1S/C7H15NO4/c1-7(3-9,4-10)2-5(8)6(11)12/h5,9-10H,2-4,8H2,1H3,(H,11,12)/t5-/m1/s1. The van der Waals surface area contributed by atoms with E-state index in [9.17, 15) is 4.79 Å². The second kappa shape index (κ2) is 4.39. The Labute approximate surface area is 70.8 Å². The molecular formula is C7H15NO4. The van der Waals surface area contributed by atoms with Crippen LogP contribution in [-0.2, 0) is 4.79 Å². The smallest absolute Gasteiger partial charge is 0.320 e. The van der Waals surface area contributed by atoms with Crippen molar-refractivity contribution in [3.63, 3.8) is 0 Å². The van der Waals surface area contributed by atoms with E-state index < -0.39 is 17.4 Å². The first kappa shape index (κ1) is 11.4. The maximum Gasteiger partial charge on any atom is 0.320 e. The lowest BCUT2D eigenvalue weighted by atomic mass is 9.85. The summed E-state index contributed by atoms with van der Waals surface area (Å²) < 4.78 is 0. The van der Waals surface area contributed by atoms with E-state index in [1.807, 2.05) is 0 Å². The minimum absolute atomic E-state index is 0.0648. The minimum Gasteiger partial charge on any atom is -0.480 e. The summed E-state index contributed by atoms with van der Waals surface area (Å²) in [4.78, 5) is 10.3. The first-order valence-electron chi connectivity index (χ1n) is 3.65. The van der Waals surface area contributed by atoms with Crippen LogP contribution in [0.25, 0.3) is 0 Å². The summed E-state index contributed by atoms with van der Waals surface area (Å²) in [5, 5.41) is 26.1.